The average Bonchev–Trinajstić information content (AvgIpc) is 3.04. The second-order valence-corrected chi connectivity index (χ2v) is 7.25. The fourth-order valence-corrected chi connectivity index (χ4v) is 3.85. The van der Waals surface area contributed by atoms with Gasteiger partial charge < -0.3 is 4.74 Å². The SMILES string of the molecule is CCCc1sc(NC(=O)c2cccc(Cl)c2)nc1-c1ccc(OC)cc1. The highest BCUT2D eigenvalue weighted by Crippen LogP contribution is 2.33. The molecule has 1 aromatic heterocycles. The normalized spacial score (nSPS) is 10.6. The van der Waals surface area contributed by atoms with Crippen LogP contribution in [0.25, 0.3) is 11.3 Å². The summed E-state index contributed by atoms with van der Waals surface area (Å²) in [4.78, 5) is 18.3. The minimum absolute atomic E-state index is 0.217. The van der Waals surface area contributed by atoms with Gasteiger partial charge in [-0.25, -0.2) is 4.98 Å². The number of methoxy groups -OCH3 is 1. The summed E-state index contributed by atoms with van der Waals surface area (Å²) < 4.78 is 5.21. The van der Waals surface area contributed by atoms with Crippen LogP contribution in [-0.2, 0) is 6.42 Å². The number of nitrogens with zero attached hydrogens (tertiary/aromatic N) is 1. The molecule has 1 amide bonds. The largest absolute Gasteiger partial charge is 0.497 e. The van der Waals surface area contributed by atoms with Gasteiger partial charge in [0.05, 0.1) is 12.8 Å². The van der Waals surface area contributed by atoms with E-state index in [2.05, 4.69) is 17.2 Å². The van der Waals surface area contributed by atoms with Crippen LogP contribution in [0.1, 0.15) is 28.6 Å². The molecule has 0 unspecified atom stereocenters. The van der Waals surface area contributed by atoms with E-state index in [1.54, 1.807) is 31.4 Å². The zero-order valence-corrected chi connectivity index (χ0v) is 16.2. The molecule has 0 saturated heterocycles. The summed E-state index contributed by atoms with van der Waals surface area (Å²) >= 11 is 7.47. The number of halogens is 1. The number of carbonyl (C=O) groups excluding carboxylic acids is 1. The molecule has 0 radical (unpaired) electrons. The van der Waals surface area contributed by atoms with Crippen molar-refractivity contribution in [3.8, 4) is 17.0 Å². The molecule has 3 aromatic rings. The molecule has 0 fully saturated rings. The summed E-state index contributed by atoms with van der Waals surface area (Å²) in [6.07, 6.45) is 1.92. The second-order valence-electron chi connectivity index (χ2n) is 5.73. The molecule has 6 heteroatoms. The predicted octanol–water partition coefficient (Wildman–Crippen LogP) is 5.68. The first kappa shape index (κ1) is 18.4. The summed E-state index contributed by atoms with van der Waals surface area (Å²) in [6.45, 7) is 2.13. The number of carbonyl (C=O) groups is 1. The van der Waals surface area contributed by atoms with Gasteiger partial charge in [0.15, 0.2) is 5.13 Å². The molecule has 0 aliphatic carbocycles. The minimum Gasteiger partial charge on any atom is -0.497 e. The molecule has 1 heterocycles. The highest BCUT2D eigenvalue weighted by atomic mass is 35.5. The fourth-order valence-electron chi connectivity index (χ4n) is 2.58. The van der Waals surface area contributed by atoms with Crippen LogP contribution in [-0.4, -0.2) is 18.0 Å². The maximum Gasteiger partial charge on any atom is 0.257 e. The number of hydrogen-bond donors (Lipinski definition) is 1. The van der Waals surface area contributed by atoms with E-state index < -0.39 is 0 Å². The third-order valence-corrected chi connectivity index (χ3v) is 5.11. The lowest BCUT2D eigenvalue weighted by Crippen LogP contribution is -2.11. The Morgan fingerprint density at radius 1 is 1.23 bits per heavy atom. The summed E-state index contributed by atoms with van der Waals surface area (Å²) in [6, 6.07) is 14.6. The van der Waals surface area contributed by atoms with Crippen LogP contribution in [0.2, 0.25) is 5.02 Å². The Balaban J connectivity index is 1.87. The maximum absolute atomic E-state index is 12.4. The molecule has 2 aromatic carbocycles. The number of rotatable bonds is 6. The van der Waals surface area contributed by atoms with E-state index in [9.17, 15) is 4.79 Å². The van der Waals surface area contributed by atoms with Gasteiger partial charge in [-0.05, 0) is 48.9 Å². The Morgan fingerprint density at radius 2 is 2.00 bits per heavy atom. The molecule has 0 atom stereocenters. The fraction of sp³-hybridized carbons (Fsp3) is 0.200. The molecular formula is C20H19ClN2O2S. The number of aromatic nitrogens is 1. The summed E-state index contributed by atoms with van der Waals surface area (Å²) in [5.74, 6) is 0.584. The third kappa shape index (κ3) is 4.23. The molecule has 4 nitrogen and oxygen atoms in total. The maximum atomic E-state index is 12.4. The van der Waals surface area contributed by atoms with Crippen molar-refractivity contribution in [1.29, 1.82) is 0 Å². The minimum atomic E-state index is -0.217. The Hall–Kier alpha value is -2.37. The van der Waals surface area contributed by atoms with Crippen LogP contribution in [0.5, 0.6) is 5.75 Å². The monoisotopic (exact) mass is 386 g/mol. The van der Waals surface area contributed by atoms with Crippen molar-refractivity contribution < 1.29 is 9.53 Å². The van der Waals surface area contributed by atoms with Gasteiger partial charge in [-0.15, -0.1) is 11.3 Å². The number of thiazole rings is 1. The smallest absolute Gasteiger partial charge is 0.257 e. The number of hydrogen-bond acceptors (Lipinski definition) is 4. The molecule has 134 valence electrons. The summed E-state index contributed by atoms with van der Waals surface area (Å²) in [5, 5.41) is 4.00. The van der Waals surface area contributed by atoms with Crippen molar-refractivity contribution in [1.82, 2.24) is 4.98 Å². The zero-order chi connectivity index (χ0) is 18.5. The highest BCUT2D eigenvalue weighted by molar-refractivity contribution is 7.16. The van der Waals surface area contributed by atoms with Gasteiger partial charge >= 0.3 is 0 Å². The molecule has 26 heavy (non-hydrogen) atoms. The van der Waals surface area contributed by atoms with E-state index in [1.165, 1.54) is 11.3 Å². The quantitative estimate of drug-likeness (QED) is 0.593. The van der Waals surface area contributed by atoms with Crippen molar-refractivity contribution in [2.24, 2.45) is 0 Å². The van der Waals surface area contributed by atoms with Crippen LogP contribution in [0.4, 0.5) is 5.13 Å². The first-order chi connectivity index (χ1) is 12.6. The first-order valence-corrected chi connectivity index (χ1v) is 9.51. The molecule has 0 spiro atoms. The van der Waals surface area contributed by atoms with Gasteiger partial charge in [0, 0.05) is 21.0 Å². The number of ether oxygens (including phenoxy) is 1. The molecular weight excluding hydrogens is 368 g/mol. The van der Waals surface area contributed by atoms with Crippen LogP contribution < -0.4 is 10.1 Å². The Bertz CT molecular complexity index is 906. The number of benzene rings is 2. The molecule has 1 N–H and O–H groups in total. The zero-order valence-electron chi connectivity index (χ0n) is 14.6. The lowest BCUT2D eigenvalue weighted by Gasteiger charge is -2.03. The third-order valence-electron chi connectivity index (χ3n) is 3.85. The van der Waals surface area contributed by atoms with Gasteiger partial charge in [-0.2, -0.15) is 0 Å². The van der Waals surface area contributed by atoms with Crippen molar-refractivity contribution in [2.75, 3.05) is 12.4 Å². The molecule has 0 bridgehead atoms. The molecule has 0 aliphatic rings. The summed E-state index contributed by atoms with van der Waals surface area (Å²) in [5.41, 5.74) is 2.42. The Labute approximate surface area is 161 Å². The number of anilines is 1. The standard InChI is InChI=1S/C20H19ClN2O2S/c1-3-5-17-18(13-8-10-16(25-2)11-9-13)22-20(26-17)23-19(24)14-6-4-7-15(21)12-14/h4,6-12H,3,5H2,1-2H3,(H,22,23,24). The lowest BCUT2D eigenvalue weighted by atomic mass is 10.1. The lowest BCUT2D eigenvalue weighted by molar-refractivity contribution is 0.102. The van der Waals surface area contributed by atoms with Crippen LogP contribution in [0.3, 0.4) is 0 Å². The second kappa shape index (κ2) is 8.34. The molecule has 3 rings (SSSR count). The molecule has 0 saturated carbocycles. The van der Waals surface area contributed by atoms with Gasteiger partial charge in [0.25, 0.3) is 5.91 Å². The Morgan fingerprint density at radius 3 is 2.65 bits per heavy atom. The van der Waals surface area contributed by atoms with E-state index in [1.807, 2.05) is 24.3 Å². The van der Waals surface area contributed by atoms with E-state index in [0.717, 1.165) is 34.7 Å². The Kier molecular flexibility index (Phi) is 5.91. The number of amides is 1. The van der Waals surface area contributed by atoms with E-state index in [4.69, 9.17) is 16.3 Å². The van der Waals surface area contributed by atoms with Crippen LogP contribution in [0, 0.1) is 0 Å². The van der Waals surface area contributed by atoms with E-state index >= 15 is 0 Å². The van der Waals surface area contributed by atoms with Gasteiger partial charge in [-0.1, -0.05) is 31.0 Å². The van der Waals surface area contributed by atoms with Crippen molar-refractivity contribution in [3.63, 3.8) is 0 Å². The number of aryl methyl sites for hydroxylation is 1. The van der Waals surface area contributed by atoms with Crippen LogP contribution >= 0.6 is 22.9 Å². The van der Waals surface area contributed by atoms with Gasteiger partial charge in [-0.3, -0.25) is 10.1 Å². The van der Waals surface area contributed by atoms with E-state index in [0.29, 0.717) is 15.7 Å². The van der Waals surface area contributed by atoms with Crippen LogP contribution in [0.15, 0.2) is 48.5 Å². The predicted molar refractivity (Wildman–Crippen MR) is 108 cm³/mol. The highest BCUT2D eigenvalue weighted by Gasteiger charge is 2.15. The van der Waals surface area contributed by atoms with Gasteiger partial charge in [0.2, 0.25) is 0 Å². The van der Waals surface area contributed by atoms with Crippen molar-refractivity contribution >= 4 is 34.0 Å². The first-order valence-electron chi connectivity index (χ1n) is 8.31. The van der Waals surface area contributed by atoms with Crippen molar-refractivity contribution in [2.45, 2.75) is 19.8 Å². The summed E-state index contributed by atoms with van der Waals surface area (Å²) in [7, 11) is 1.64. The van der Waals surface area contributed by atoms with Crippen molar-refractivity contribution in [3.05, 3.63) is 64.0 Å². The number of nitrogens with one attached hydrogen (secondary N) is 1. The molecule has 0 aliphatic heterocycles. The topological polar surface area (TPSA) is 51.2 Å². The van der Waals surface area contributed by atoms with E-state index in [-0.39, 0.29) is 5.91 Å². The average molecular weight is 387 g/mol. The van der Waals surface area contributed by atoms with Gasteiger partial charge in [0.1, 0.15) is 5.75 Å².